The third kappa shape index (κ3) is 2.90. The number of nitrogens with two attached hydrogens (primary N) is 1. The number of hydrogen-bond donors (Lipinski definition) is 1. The molecular formula is C13H21NO3. The van der Waals surface area contributed by atoms with E-state index in [0.717, 1.165) is 22.6 Å². The van der Waals surface area contributed by atoms with E-state index in [1.54, 1.807) is 21.3 Å². The lowest BCUT2D eigenvalue weighted by Gasteiger charge is -2.20. The van der Waals surface area contributed by atoms with E-state index in [2.05, 4.69) is 6.92 Å². The van der Waals surface area contributed by atoms with Crippen molar-refractivity contribution in [2.45, 2.75) is 19.4 Å². The van der Waals surface area contributed by atoms with Gasteiger partial charge < -0.3 is 19.9 Å². The molecule has 96 valence electrons. The fourth-order valence-corrected chi connectivity index (χ4v) is 1.93. The molecule has 4 nitrogen and oxygen atoms in total. The van der Waals surface area contributed by atoms with E-state index in [1.807, 2.05) is 12.1 Å². The van der Waals surface area contributed by atoms with E-state index < -0.39 is 0 Å². The van der Waals surface area contributed by atoms with Crippen LogP contribution in [0.3, 0.4) is 0 Å². The van der Waals surface area contributed by atoms with Gasteiger partial charge in [0.2, 0.25) is 0 Å². The van der Waals surface area contributed by atoms with Crippen LogP contribution in [-0.2, 0) is 11.3 Å². The number of hydrogen-bond acceptors (Lipinski definition) is 4. The van der Waals surface area contributed by atoms with Gasteiger partial charge >= 0.3 is 0 Å². The molecule has 0 amide bonds. The highest BCUT2D eigenvalue weighted by Crippen LogP contribution is 2.38. The minimum Gasteiger partial charge on any atom is -0.493 e. The van der Waals surface area contributed by atoms with Crippen LogP contribution in [0.4, 0.5) is 0 Å². The molecule has 1 aromatic rings. The predicted octanol–water partition coefficient (Wildman–Crippen LogP) is 1.91. The van der Waals surface area contributed by atoms with Crippen molar-refractivity contribution in [2.75, 3.05) is 27.9 Å². The van der Waals surface area contributed by atoms with Crippen molar-refractivity contribution in [3.05, 3.63) is 23.3 Å². The smallest absolute Gasteiger partial charge is 0.164 e. The van der Waals surface area contributed by atoms with Gasteiger partial charge in [-0.1, -0.05) is 13.0 Å². The van der Waals surface area contributed by atoms with Crippen LogP contribution in [0.2, 0.25) is 0 Å². The van der Waals surface area contributed by atoms with Gasteiger partial charge in [-0.3, -0.25) is 0 Å². The third-order valence-corrected chi connectivity index (χ3v) is 2.82. The number of ether oxygens (including phenoxy) is 3. The second-order valence-corrected chi connectivity index (χ2v) is 3.94. The number of methoxy groups -OCH3 is 3. The number of benzene rings is 1. The van der Waals surface area contributed by atoms with E-state index in [4.69, 9.17) is 19.9 Å². The predicted molar refractivity (Wildman–Crippen MR) is 67.7 cm³/mol. The van der Waals surface area contributed by atoms with Gasteiger partial charge in [0.15, 0.2) is 11.5 Å². The van der Waals surface area contributed by atoms with Gasteiger partial charge in [-0.25, -0.2) is 0 Å². The molecule has 0 aliphatic heterocycles. The first kappa shape index (κ1) is 13.8. The Morgan fingerprint density at radius 2 is 1.88 bits per heavy atom. The molecule has 0 saturated heterocycles. The van der Waals surface area contributed by atoms with Gasteiger partial charge in [0, 0.05) is 12.7 Å². The quantitative estimate of drug-likeness (QED) is 0.824. The minimum absolute atomic E-state index is 0.199. The Bertz CT molecular complexity index is 366. The van der Waals surface area contributed by atoms with Crippen LogP contribution in [0.1, 0.15) is 24.0 Å². The molecule has 4 heteroatoms. The molecule has 0 aliphatic carbocycles. The van der Waals surface area contributed by atoms with Crippen molar-refractivity contribution in [2.24, 2.45) is 5.73 Å². The van der Waals surface area contributed by atoms with Gasteiger partial charge in [-0.2, -0.15) is 0 Å². The first-order chi connectivity index (χ1) is 8.19. The second kappa shape index (κ2) is 6.47. The average molecular weight is 239 g/mol. The monoisotopic (exact) mass is 239 g/mol. The Labute approximate surface area is 103 Å². The Kier molecular flexibility index (Phi) is 5.25. The molecule has 2 N–H and O–H groups in total. The molecule has 0 aromatic heterocycles. The highest BCUT2D eigenvalue weighted by molar-refractivity contribution is 5.52. The number of rotatable bonds is 6. The molecule has 17 heavy (non-hydrogen) atoms. The molecule has 0 spiro atoms. The molecular weight excluding hydrogens is 218 g/mol. The summed E-state index contributed by atoms with van der Waals surface area (Å²) in [6.45, 7) is 3.16. The normalized spacial score (nSPS) is 12.3. The van der Waals surface area contributed by atoms with Crippen LogP contribution in [0.25, 0.3) is 0 Å². The molecule has 0 saturated carbocycles. The van der Waals surface area contributed by atoms with E-state index in [0.29, 0.717) is 13.2 Å². The van der Waals surface area contributed by atoms with Crippen molar-refractivity contribution in [3.63, 3.8) is 0 Å². The minimum atomic E-state index is 0.199. The maximum absolute atomic E-state index is 5.75. The molecule has 0 fully saturated rings. The third-order valence-electron chi connectivity index (χ3n) is 2.82. The molecule has 1 rings (SSSR count). The maximum Gasteiger partial charge on any atom is 0.164 e. The lowest BCUT2D eigenvalue weighted by atomic mass is 9.94. The Morgan fingerprint density at radius 1 is 1.18 bits per heavy atom. The molecule has 0 bridgehead atoms. The van der Waals surface area contributed by atoms with E-state index in [9.17, 15) is 0 Å². The lowest BCUT2D eigenvalue weighted by molar-refractivity contribution is 0.183. The summed E-state index contributed by atoms with van der Waals surface area (Å²) in [5.41, 5.74) is 7.90. The van der Waals surface area contributed by atoms with E-state index >= 15 is 0 Å². The highest BCUT2D eigenvalue weighted by atomic mass is 16.5. The SMILES string of the molecule is COCc1ccc(OC)c(OC)c1C(C)CN. The summed E-state index contributed by atoms with van der Waals surface area (Å²) in [5, 5.41) is 0. The Morgan fingerprint density at radius 3 is 2.35 bits per heavy atom. The summed E-state index contributed by atoms with van der Waals surface area (Å²) in [4.78, 5) is 0. The molecule has 1 aromatic carbocycles. The lowest BCUT2D eigenvalue weighted by Crippen LogP contribution is -2.13. The molecule has 0 aliphatic rings. The first-order valence-corrected chi connectivity index (χ1v) is 5.62. The van der Waals surface area contributed by atoms with Crippen LogP contribution in [0.15, 0.2) is 12.1 Å². The van der Waals surface area contributed by atoms with Crippen LogP contribution in [0, 0.1) is 0 Å². The van der Waals surface area contributed by atoms with E-state index in [1.165, 1.54) is 0 Å². The summed E-state index contributed by atoms with van der Waals surface area (Å²) >= 11 is 0. The van der Waals surface area contributed by atoms with Crippen LogP contribution in [0.5, 0.6) is 11.5 Å². The molecule has 1 atom stereocenters. The topological polar surface area (TPSA) is 53.7 Å². The zero-order valence-corrected chi connectivity index (χ0v) is 10.9. The first-order valence-electron chi connectivity index (χ1n) is 5.62. The fourth-order valence-electron chi connectivity index (χ4n) is 1.93. The Hall–Kier alpha value is -1.26. The van der Waals surface area contributed by atoms with Gasteiger partial charge in [0.25, 0.3) is 0 Å². The maximum atomic E-state index is 5.75. The second-order valence-electron chi connectivity index (χ2n) is 3.94. The summed E-state index contributed by atoms with van der Waals surface area (Å²) in [7, 11) is 4.94. The highest BCUT2D eigenvalue weighted by Gasteiger charge is 2.19. The van der Waals surface area contributed by atoms with Crippen LogP contribution in [-0.4, -0.2) is 27.9 Å². The largest absolute Gasteiger partial charge is 0.493 e. The van der Waals surface area contributed by atoms with Crippen molar-refractivity contribution < 1.29 is 14.2 Å². The van der Waals surface area contributed by atoms with Crippen LogP contribution >= 0.6 is 0 Å². The van der Waals surface area contributed by atoms with Gasteiger partial charge in [-0.15, -0.1) is 0 Å². The van der Waals surface area contributed by atoms with E-state index in [-0.39, 0.29) is 5.92 Å². The summed E-state index contributed by atoms with van der Waals surface area (Å²) < 4.78 is 15.9. The molecule has 0 heterocycles. The zero-order chi connectivity index (χ0) is 12.8. The fraction of sp³-hybridized carbons (Fsp3) is 0.538. The van der Waals surface area contributed by atoms with Crippen molar-refractivity contribution in [1.82, 2.24) is 0 Å². The Balaban J connectivity index is 3.33. The summed E-state index contributed by atoms with van der Waals surface area (Å²) in [6, 6.07) is 3.88. The van der Waals surface area contributed by atoms with Crippen molar-refractivity contribution in [3.8, 4) is 11.5 Å². The van der Waals surface area contributed by atoms with Crippen LogP contribution < -0.4 is 15.2 Å². The zero-order valence-electron chi connectivity index (χ0n) is 10.9. The average Bonchev–Trinajstić information content (AvgIpc) is 2.37. The van der Waals surface area contributed by atoms with Gasteiger partial charge in [0.1, 0.15) is 0 Å². The summed E-state index contributed by atoms with van der Waals surface area (Å²) in [5.74, 6) is 1.67. The van der Waals surface area contributed by atoms with Gasteiger partial charge in [-0.05, 0) is 24.1 Å². The summed E-state index contributed by atoms with van der Waals surface area (Å²) in [6.07, 6.45) is 0. The van der Waals surface area contributed by atoms with Crippen molar-refractivity contribution >= 4 is 0 Å². The van der Waals surface area contributed by atoms with Gasteiger partial charge in [0.05, 0.1) is 20.8 Å². The standard InChI is InChI=1S/C13H21NO3/c1-9(7-14)12-10(8-15-2)5-6-11(16-3)13(12)17-4/h5-6,9H,7-8,14H2,1-4H3. The van der Waals surface area contributed by atoms with Crippen molar-refractivity contribution in [1.29, 1.82) is 0 Å². The molecule has 1 unspecified atom stereocenters. The molecule has 0 radical (unpaired) electrons.